The van der Waals surface area contributed by atoms with Crippen LogP contribution in [0.3, 0.4) is 0 Å². The molecule has 1 atom stereocenters. The fraction of sp³-hybridized carbons (Fsp3) is 0.412. The van der Waals surface area contributed by atoms with E-state index in [2.05, 4.69) is 30.4 Å². The summed E-state index contributed by atoms with van der Waals surface area (Å²) in [5.74, 6) is 2.82. The minimum atomic E-state index is 0.137. The fourth-order valence-corrected chi connectivity index (χ4v) is 2.50. The molecule has 2 rings (SSSR count). The lowest BCUT2D eigenvalue weighted by atomic mass is 9.98. The van der Waals surface area contributed by atoms with Crippen molar-refractivity contribution in [3.05, 3.63) is 53.0 Å². The van der Waals surface area contributed by atoms with Crippen LogP contribution >= 0.6 is 0 Å². The van der Waals surface area contributed by atoms with Gasteiger partial charge in [-0.15, -0.1) is 0 Å². The molecule has 20 heavy (non-hydrogen) atoms. The minimum Gasteiger partial charge on any atom is -0.494 e. The minimum absolute atomic E-state index is 0.137. The summed E-state index contributed by atoms with van der Waals surface area (Å²) < 4.78 is 11.3. The molecule has 0 saturated carbocycles. The molecule has 0 aliphatic heterocycles. The summed E-state index contributed by atoms with van der Waals surface area (Å²) in [6.45, 7) is 9.68. The van der Waals surface area contributed by atoms with Gasteiger partial charge in [-0.25, -0.2) is 0 Å². The van der Waals surface area contributed by atoms with Crippen LogP contribution in [0.5, 0.6) is 5.75 Å². The maximum atomic E-state index is 5.67. The molecule has 0 aliphatic rings. The molecule has 0 bridgehead atoms. The van der Waals surface area contributed by atoms with Crippen LogP contribution in [0.1, 0.15) is 42.5 Å². The number of nitrogens with one attached hydrogen (secondary N) is 1. The molecule has 0 radical (unpaired) electrons. The van der Waals surface area contributed by atoms with Crippen molar-refractivity contribution in [2.75, 3.05) is 13.2 Å². The molecule has 1 heterocycles. The number of aryl methyl sites for hydroxylation is 2. The number of benzene rings is 1. The van der Waals surface area contributed by atoms with Crippen LogP contribution in [-0.4, -0.2) is 13.2 Å². The maximum absolute atomic E-state index is 5.67. The normalized spacial score (nSPS) is 12.4. The molecular weight excluding hydrogens is 250 g/mol. The van der Waals surface area contributed by atoms with Crippen molar-refractivity contribution in [2.45, 2.75) is 33.7 Å². The number of furan rings is 1. The fourth-order valence-electron chi connectivity index (χ4n) is 2.50. The van der Waals surface area contributed by atoms with Crippen LogP contribution in [0.15, 0.2) is 34.7 Å². The van der Waals surface area contributed by atoms with E-state index in [0.29, 0.717) is 6.61 Å². The first-order valence-electron chi connectivity index (χ1n) is 7.18. The molecule has 3 nitrogen and oxygen atoms in total. The summed E-state index contributed by atoms with van der Waals surface area (Å²) in [4.78, 5) is 0. The van der Waals surface area contributed by atoms with Crippen LogP contribution in [0.2, 0.25) is 0 Å². The monoisotopic (exact) mass is 273 g/mol. The first-order valence-corrected chi connectivity index (χ1v) is 7.18. The standard InChI is InChI=1S/C17H23NO2/c1-5-18-17(16-10-12(3)20-13(16)4)14-8-7-9-15(11-14)19-6-2/h7-11,17-18H,5-6H2,1-4H3. The molecule has 0 amide bonds. The second-order valence-electron chi connectivity index (χ2n) is 4.86. The predicted octanol–water partition coefficient (Wildman–Crippen LogP) is 3.99. The van der Waals surface area contributed by atoms with Crippen LogP contribution < -0.4 is 10.1 Å². The Kier molecular flexibility index (Phi) is 4.85. The lowest BCUT2D eigenvalue weighted by Gasteiger charge is -2.18. The summed E-state index contributed by atoms with van der Waals surface area (Å²) in [5.41, 5.74) is 2.39. The van der Waals surface area contributed by atoms with Gasteiger partial charge in [0.2, 0.25) is 0 Å². The van der Waals surface area contributed by atoms with E-state index in [9.17, 15) is 0 Å². The first-order chi connectivity index (χ1) is 9.65. The number of hydrogen-bond donors (Lipinski definition) is 1. The van der Waals surface area contributed by atoms with E-state index >= 15 is 0 Å². The van der Waals surface area contributed by atoms with Crippen molar-refractivity contribution in [3.8, 4) is 5.75 Å². The van der Waals surface area contributed by atoms with Gasteiger partial charge in [0.1, 0.15) is 17.3 Å². The van der Waals surface area contributed by atoms with Gasteiger partial charge in [-0.3, -0.25) is 0 Å². The van der Waals surface area contributed by atoms with Crippen LogP contribution in [0.25, 0.3) is 0 Å². The maximum Gasteiger partial charge on any atom is 0.119 e. The molecule has 0 saturated heterocycles. The second-order valence-corrected chi connectivity index (χ2v) is 4.86. The van der Waals surface area contributed by atoms with E-state index in [1.165, 1.54) is 11.1 Å². The van der Waals surface area contributed by atoms with Crippen molar-refractivity contribution in [2.24, 2.45) is 0 Å². The number of hydrogen-bond acceptors (Lipinski definition) is 3. The molecule has 1 aromatic carbocycles. The van der Waals surface area contributed by atoms with Crippen molar-refractivity contribution < 1.29 is 9.15 Å². The summed E-state index contributed by atoms with van der Waals surface area (Å²) in [5, 5.41) is 3.52. The second kappa shape index (κ2) is 6.62. The topological polar surface area (TPSA) is 34.4 Å². The largest absolute Gasteiger partial charge is 0.494 e. The van der Waals surface area contributed by atoms with Crippen molar-refractivity contribution in [1.82, 2.24) is 5.32 Å². The third kappa shape index (κ3) is 3.23. The molecule has 3 heteroatoms. The number of rotatable bonds is 6. The van der Waals surface area contributed by atoms with Crippen LogP contribution in [-0.2, 0) is 0 Å². The van der Waals surface area contributed by atoms with Crippen LogP contribution in [0.4, 0.5) is 0 Å². The summed E-state index contributed by atoms with van der Waals surface area (Å²) >= 11 is 0. The zero-order valence-corrected chi connectivity index (χ0v) is 12.7. The molecule has 108 valence electrons. The lowest BCUT2D eigenvalue weighted by Crippen LogP contribution is -2.22. The molecule has 0 fully saturated rings. The molecule has 0 aliphatic carbocycles. The van der Waals surface area contributed by atoms with Gasteiger partial charge in [0.15, 0.2) is 0 Å². The Bertz CT molecular complexity index is 560. The quantitative estimate of drug-likeness (QED) is 0.864. The van der Waals surface area contributed by atoms with E-state index in [1.54, 1.807) is 0 Å². The highest BCUT2D eigenvalue weighted by Crippen LogP contribution is 2.29. The van der Waals surface area contributed by atoms with E-state index in [-0.39, 0.29) is 6.04 Å². The van der Waals surface area contributed by atoms with Gasteiger partial charge in [0, 0.05) is 5.56 Å². The lowest BCUT2D eigenvalue weighted by molar-refractivity contribution is 0.339. The molecule has 0 spiro atoms. The smallest absolute Gasteiger partial charge is 0.119 e. The van der Waals surface area contributed by atoms with Crippen molar-refractivity contribution in [1.29, 1.82) is 0 Å². The summed E-state index contributed by atoms with van der Waals surface area (Å²) in [6, 6.07) is 10.5. The molecule has 2 aromatic rings. The average molecular weight is 273 g/mol. The zero-order chi connectivity index (χ0) is 14.5. The SMILES string of the molecule is CCNC(c1cccc(OCC)c1)c1cc(C)oc1C. The van der Waals surface area contributed by atoms with E-state index in [1.807, 2.05) is 32.9 Å². The third-order valence-electron chi connectivity index (χ3n) is 3.30. The zero-order valence-electron chi connectivity index (χ0n) is 12.7. The van der Waals surface area contributed by atoms with Gasteiger partial charge in [0.25, 0.3) is 0 Å². The Morgan fingerprint density at radius 2 is 2.00 bits per heavy atom. The molecule has 1 aromatic heterocycles. The number of ether oxygens (including phenoxy) is 1. The van der Waals surface area contributed by atoms with E-state index < -0.39 is 0 Å². The summed E-state index contributed by atoms with van der Waals surface area (Å²) in [7, 11) is 0. The van der Waals surface area contributed by atoms with Crippen LogP contribution in [0, 0.1) is 13.8 Å². The Morgan fingerprint density at radius 1 is 1.20 bits per heavy atom. The van der Waals surface area contributed by atoms with Gasteiger partial charge in [0.05, 0.1) is 12.6 Å². The van der Waals surface area contributed by atoms with E-state index in [0.717, 1.165) is 23.8 Å². The molecule has 1 unspecified atom stereocenters. The van der Waals surface area contributed by atoms with E-state index in [4.69, 9.17) is 9.15 Å². The Morgan fingerprint density at radius 3 is 2.60 bits per heavy atom. The molecule has 1 N–H and O–H groups in total. The highest BCUT2D eigenvalue weighted by atomic mass is 16.5. The predicted molar refractivity (Wildman–Crippen MR) is 81.3 cm³/mol. The van der Waals surface area contributed by atoms with Gasteiger partial charge in [-0.2, -0.15) is 0 Å². The average Bonchev–Trinajstić information content (AvgIpc) is 2.75. The summed E-state index contributed by atoms with van der Waals surface area (Å²) in [6.07, 6.45) is 0. The Labute approximate surface area is 121 Å². The molecular formula is C17H23NO2. The third-order valence-corrected chi connectivity index (χ3v) is 3.30. The van der Waals surface area contributed by atoms with Gasteiger partial charge < -0.3 is 14.5 Å². The Balaban J connectivity index is 2.37. The highest BCUT2D eigenvalue weighted by Gasteiger charge is 2.18. The first kappa shape index (κ1) is 14.7. The Hall–Kier alpha value is -1.74. The van der Waals surface area contributed by atoms with Gasteiger partial charge in [-0.05, 0) is 51.1 Å². The van der Waals surface area contributed by atoms with Crippen molar-refractivity contribution in [3.63, 3.8) is 0 Å². The van der Waals surface area contributed by atoms with Crippen molar-refractivity contribution >= 4 is 0 Å². The van der Waals surface area contributed by atoms with Gasteiger partial charge in [-0.1, -0.05) is 19.1 Å². The highest BCUT2D eigenvalue weighted by molar-refractivity contribution is 5.38. The van der Waals surface area contributed by atoms with Gasteiger partial charge >= 0.3 is 0 Å².